The SMILES string of the molecule is CC(C)(CC(=O)NCc1cn(CC(=O)O)nn1)c1ccccc1. The third kappa shape index (κ3) is 4.91. The number of carboxylic acid groups (broad SMARTS) is 1. The molecule has 0 bridgehead atoms. The van der Waals surface area contributed by atoms with Crippen LogP contribution in [0.5, 0.6) is 0 Å². The fourth-order valence-electron chi connectivity index (χ4n) is 2.28. The van der Waals surface area contributed by atoms with Crippen molar-refractivity contribution in [3.8, 4) is 0 Å². The number of amides is 1. The molecule has 0 spiro atoms. The van der Waals surface area contributed by atoms with E-state index in [0.29, 0.717) is 12.1 Å². The van der Waals surface area contributed by atoms with Crippen LogP contribution in [0.4, 0.5) is 0 Å². The first-order valence-electron chi connectivity index (χ1n) is 7.30. The Morgan fingerprint density at radius 3 is 2.61 bits per heavy atom. The first-order chi connectivity index (χ1) is 10.9. The summed E-state index contributed by atoms with van der Waals surface area (Å²) >= 11 is 0. The predicted octanol–water partition coefficient (Wildman–Crippen LogP) is 1.35. The van der Waals surface area contributed by atoms with Crippen LogP contribution in [0.3, 0.4) is 0 Å². The third-order valence-corrected chi connectivity index (χ3v) is 3.51. The maximum atomic E-state index is 12.1. The second kappa shape index (κ2) is 7.04. The Labute approximate surface area is 134 Å². The summed E-state index contributed by atoms with van der Waals surface area (Å²) in [5.41, 5.74) is 1.35. The molecule has 2 aromatic rings. The number of nitrogens with zero attached hydrogens (tertiary/aromatic N) is 3. The summed E-state index contributed by atoms with van der Waals surface area (Å²) in [4.78, 5) is 22.7. The molecule has 0 saturated carbocycles. The van der Waals surface area contributed by atoms with E-state index in [2.05, 4.69) is 15.6 Å². The third-order valence-electron chi connectivity index (χ3n) is 3.51. The summed E-state index contributed by atoms with van der Waals surface area (Å²) in [6.07, 6.45) is 1.86. The Kier molecular flexibility index (Phi) is 5.10. The van der Waals surface area contributed by atoms with Crippen LogP contribution in [0.15, 0.2) is 36.5 Å². The molecule has 1 heterocycles. The molecule has 23 heavy (non-hydrogen) atoms. The van der Waals surface area contributed by atoms with Gasteiger partial charge in [0.1, 0.15) is 12.2 Å². The molecule has 0 unspecified atom stereocenters. The summed E-state index contributed by atoms with van der Waals surface area (Å²) < 4.78 is 1.22. The molecule has 1 amide bonds. The van der Waals surface area contributed by atoms with Crippen LogP contribution in [0.25, 0.3) is 0 Å². The van der Waals surface area contributed by atoms with Gasteiger partial charge in [-0.15, -0.1) is 5.10 Å². The molecule has 0 saturated heterocycles. The number of hydrogen-bond donors (Lipinski definition) is 2. The minimum atomic E-state index is -0.991. The van der Waals surface area contributed by atoms with E-state index in [9.17, 15) is 9.59 Å². The molecule has 0 aliphatic carbocycles. The highest BCUT2D eigenvalue weighted by atomic mass is 16.4. The fourth-order valence-corrected chi connectivity index (χ4v) is 2.28. The maximum absolute atomic E-state index is 12.1. The highest BCUT2D eigenvalue weighted by molar-refractivity contribution is 5.77. The monoisotopic (exact) mass is 316 g/mol. The number of benzene rings is 1. The zero-order valence-corrected chi connectivity index (χ0v) is 13.2. The Balaban J connectivity index is 1.87. The molecule has 0 aliphatic rings. The summed E-state index contributed by atoms with van der Waals surface area (Å²) in [5, 5.41) is 19.0. The lowest BCUT2D eigenvalue weighted by molar-refractivity contribution is -0.138. The molecular formula is C16H20N4O3. The van der Waals surface area contributed by atoms with Crippen molar-refractivity contribution in [3.05, 3.63) is 47.8 Å². The first-order valence-corrected chi connectivity index (χ1v) is 7.30. The highest BCUT2D eigenvalue weighted by Gasteiger charge is 2.24. The van der Waals surface area contributed by atoms with Crippen molar-refractivity contribution in [2.24, 2.45) is 0 Å². The van der Waals surface area contributed by atoms with Crippen molar-refractivity contribution in [2.75, 3.05) is 0 Å². The van der Waals surface area contributed by atoms with Gasteiger partial charge in [0.2, 0.25) is 5.91 Å². The number of aliphatic carboxylic acids is 1. The molecule has 7 nitrogen and oxygen atoms in total. The van der Waals surface area contributed by atoms with Crippen molar-refractivity contribution >= 4 is 11.9 Å². The molecule has 2 rings (SSSR count). The maximum Gasteiger partial charge on any atom is 0.325 e. The van der Waals surface area contributed by atoms with Crippen molar-refractivity contribution in [2.45, 2.75) is 38.8 Å². The molecule has 1 aromatic heterocycles. The smallest absolute Gasteiger partial charge is 0.325 e. The van der Waals surface area contributed by atoms with Gasteiger partial charge in [-0.05, 0) is 11.0 Å². The van der Waals surface area contributed by atoms with E-state index < -0.39 is 5.97 Å². The van der Waals surface area contributed by atoms with Crippen molar-refractivity contribution < 1.29 is 14.7 Å². The largest absolute Gasteiger partial charge is 0.480 e. The van der Waals surface area contributed by atoms with Gasteiger partial charge in [0.25, 0.3) is 0 Å². The first kappa shape index (κ1) is 16.7. The number of carbonyl (C=O) groups is 2. The average Bonchev–Trinajstić information content (AvgIpc) is 2.92. The summed E-state index contributed by atoms with van der Waals surface area (Å²) in [7, 11) is 0. The van der Waals surface area contributed by atoms with Crippen LogP contribution in [0.2, 0.25) is 0 Å². The summed E-state index contributed by atoms with van der Waals surface area (Å²) in [5.74, 6) is -1.08. The van der Waals surface area contributed by atoms with Gasteiger partial charge in [-0.25, -0.2) is 4.68 Å². The van der Waals surface area contributed by atoms with Crippen molar-refractivity contribution in [3.63, 3.8) is 0 Å². The second-order valence-corrected chi connectivity index (χ2v) is 6.00. The quantitative estimate of drug-likeness (QED) is 0.803. The van der Waals surface area contributed by atoms with Crippen molar-refractivity contribution in [1.82, 2.24) is 20.3 Å². The number of aromatic nitrogens is 3. The van der Waals surface area contributed by atoms with Gasteiger partial charge in [-0.3, -0.25) is 9.59 Å². The highest BCUT2D eigenvalue weighted by Crippen LogP contribution is 2.26. The van der Waals surface area contributed by atoms with Gasteiger partial charge in [-0.2, -0.15) is 0 Å². The number of carbonyl (C=O) groups excluding carboxylic acids is 1. The lowest BCUT2D eigenvalue weighted by Gasteiger charge is -2.24. The second-order valence-electron chi connectivity index (χ2n) is 6.00. The van der Waals surface area contributed by atoms with Crippen LogP contribution in [-0.2, 0) is 28.1 Å². The minimum Gasteiger partial charge on any atom is -0.480 e. The molecule has 0 fully saturated rings. The number of rotatable bonds is 7. The normalized spacial score (nSPS) is 11.2. The van der Waals surface area contributed by atoms with E-state index in [1.54, 1.807) is 0 Å². The number of nitrogens with one attached hydrogen (secondary N) is 1. The van der Waals surface area contributed by atoms with E-state index in [1.165, 1.54) is 10.9 Å². The van der Waals surface area contributed by atoms with Gasteiger partial charge < -0.3 is 10.4 Å². The Morgan fingerprint density at radius 2 is 1.96 bits per heavy atom. The molecule has 0 radical (unpaired) electrons. The number of carboxylic acids is 1. The predicted molar refractivity (Wildman–Crippen MR) is 83.6 cm³/mol. The van der Waals surface area contributed by atoms with Crippen LogP contribution in [0, 0.1) is 0 Å². The van der Waals surface area contributed by atoms with Crippen LogP contribution < -0.4 is 5.32 Å². The fraction of sp³-hybridized carbons (Fsp3) is 0.375. The lowest BCUT2D eigenvalue weighted by Crippen LogP contribution is -2.30. The molecule has 0 aliphatic heterocycles. The molecule has 0 atom stereocenters. The summed E-state index contributed by atoms with van der Waals surface area (Å²) in [6.45, 7) is 4.02. The van der Waals surface area contributed by atoms with E-state index in [-0.39, 0.29) is 24.4 Å². The molecule has 2 N–H and O–H groups in total. The lowest BCUT2D eigenvalue weighted by atomic mass is 9.81. The van der Waals surface area contributed by atoms with Crippen LogP contribution in [0.1, 0.15) is 31.5 Å². The van der Waals surface area contributed by atoms with E-state index in [4.69, 9.17) is 5.11 Å². The molecule has 7 heteroatoms. The van der Waals surface area contributed by atoms with E-state index in [0.717, 1.165) is 5.56 Å². The van der Waals surface area contributed by atoms with Gasteiger partial charge >= 0.3 is 5.97 Å². The minimum absolute atomic E-state index is 0.0911. The van der Waals surface area contributed by atoms with E-state index >= 15 is 0 Å². The van der Waals surface area contributed by atoms with Gasteiger partial charge in [-0.1, -0.05) is 49.4 Å². The Bertz CT molecular complexity index is 680. The molecular weight excluding hydrogens is 296 g/mol. The van der Waals surface area contributed by atoms with Gasteiger partial charge in [0, 0.05) is 6.42 Å². The van der Waals surface area contributed by atoms with Crippen LogP contribution >= 0.6 is 0 Å². The molecule has 122 valence electrons. The standard InChI is InChI=1S/C16H20N4O3/c1-16(2,12-6-4-3-5-7-12)8-14(21)17-9-13-10-20(19-18-13)11-15(22)23/h3-7,10H,8-9,11H2,1-2H3,(H,17,21)(H,22,23). The van der Waals surface area contributed by atoms with Crippen LogP contribution in [-0.4, -0.2) is 32.0 Å². The topological polar surface area (TPSA) is 97.1 Å². The zero-order chi connectivity index (χ0) is 16.9. The zero-order valence-electron chi connectivity index (χ0n) is 13.2. The van der Waals surface area contributed by atoms with Crippen molar-refractivity contribution in [1.29, 1.82) is 0 Å². The van der Waals surface area contributed by atoms with E-state index in [1.807, 2.05) is 44.2 Å². The Hall–Kier alpha value is -2.70. The number of hydrogen-bond acceptors (Lipinski definition) is 4. The summed E-state index contributed by atoms with van der Waals surface area (Å²) in [6, 6.07) is 9.86. The Morgan fingerprint density at radius 1 is 1.26 bits per heavy atom. The molecule has 1 aromatic carbocycles. The van der Waals surface area contributed by atoms with Gasteiger partial charge in [0.05, 0.1) is 12.7 Å². The van der Waals surface area contributed by atoms with Gasteiger partial charge in [0.15, 0.2) is 0 Å². The average molecular weight is 316 g/mol.